The molecule has 0 saturated carbocycles. The van der Waals surface area contributed by atoms with Crippen molar-refractivity contribution >= 4 is 22.8 Å². The lowest BCUT2D eigenvalue weighted by Crippen LogP contribution is -2.22. The highest BCUT2D eigenvalue weighted by Crippen LogP contribution is 2.29. The average Bonchev–Trinajstić information content (AvgIpc) is 2.74. The van der Waals surface area contributed by atoms with Gasteiger partial charge in [-0.25, -0.2) is 0 Å². The summed E-state index contributed by atoms with van der Waals surface area (Å²) >= 11 is 1.63. The van der Waals surface area contributed by atoms with Crippen LogP contribution in [0.3, 0.4) is 0 Å². The van der Waals surface area contributed by atoms with Crippen LogP contribution in [0.2, 0.25) is 0 Å². The molecule has 0 aliphatic rings. The molecule has 0 fully saturated rings. The molecule has 0 radical (unpaired) electrons. The Morgan fingerprint density at radius 2 is 1.83 bits per heavy atom. The lowest BCUT2D eigenvalue weighted by atomic mass is 10.2. The standard InChI is InChI=1S/C13H10N2O2S/c1-9-2-4-10(5-3-9)18-11-6-7-13-12(8-11)14-17-15(13)16/h2-8H,1H3. The molecule has 0 bridgehead atoms. The molecule has 0 aliphatic heterocycles. The van der Waals surface area contributed by atoms with E-state index in [0.29, 0.717) is 15.9 Å². The topological polar surface area (TPSA) is 53.0 Å². The SMILES string of the molecule is Cc1ccc(Sc2ccc3c(c2)no[n+]3[O-])cc1. The third-order valence-corrected chi connectivity index (χ3v) is 3.61. The van der Waals surface area contributed by atoms with Crippen molar-refractivity contribution < 1.29 is 9.53 Å². The number of fused-ring (bicyclic) bond motifs is 1. The maximum absolute atomic E-state index is 11.2. The first kappa shape index (κ1) is 11.1. The molecule has 0 spiro atoms. The van der Waals surface area contributed by atoms with Crippen LogP contribution in [0.25, 0.3) is 11.0 Å². The number of hydrogen-bond acceptors (Lipinski definition) is 4. The van der Waals surface area contributed by atoms with Gasteiger partial charge in [-0.2, -0.15) is 0 Å². The molecule has 0 atom stereocenters. The second kappa shape index (κ2) is 4.34. The molecule has 1 heterocycles. The van der Waals surface area contributed by atoms with Crippen molar-refractivity contribution in [3.05, 3.63) is 53.2 Å². The average molecular weight is 258 g/mol. The van der Waals surface area contributed by atoms with E-state index in [9.17, 15) is 5.21 Å². The van der Waals surface area contributed by atoms with Crippen LogP contribution < -0.4 is 4.90 Å². The number of aromatic nitrogens is 2. The van der Waals surface area contributed by atoms with Crippen LogP contribution in [0.15, 0.2) is 56.9 Å². The molecular formula is C13H10N2O2S. The smallest absolute Gasteiger partial charge is 0.249 e. The first-order chi connectivity index (χ1) is 8.72. The largest absolute Gasteiger partial charge is 0.359 e. The number of nitrogens with zero attached hydrogens (tertiary/aromatic N) is 2. The highest BCUT2D eigenvalue weighted by Gasteiger charge is 2.09. The number of hydrogen-bond donors (Lipinski definition) is 0. The van der Waals surface area contributed by atoms with E-state index < -0.39 is 0 Å². The van der Waals surface area contributed by atoms with Crippen molar-refractivity contribution in [2.24, 2.45) is 0 Å². The van der Waals surface area contributed by atoms with E-state index in [2.05, 4.69) is 41.0 Å². The molecular weight excluding hydrogens is 248 g/mol. The Bertz CT molecular complexity index is 692. The summed E-state index contributed by atoms with van der Waals surface area (Å²) in [6, 6.07) is 13.7. The van der Waals surface area contributed by atoms with Crippen LogP contribution >= 0.6 is 11.8 Å². The molecule has 90 valence electrons. The van der Waals surface area contributed by atoms with E-state index in [1.807, 2.05) is 12.1 Å². The van der Waals surface area contributed by atoms with Gasteiger partial charge < -0.3 is 5.21 Å². The fourth-order valence-corrected chi connectivity index (χ4v) is 2.51. The van der Waals surface area contributed by atoms with Gasteiger partial charge in [-0.15, -0.1) is 0 Å². The Hall–Kier alpha value is -2.01. The minimum absolute atomic E-state index is 0.412. The van der Waals surface area contributed by atoms with Crippen LogP contribution in [-0.4, -0.2) is 5.16 Å². The third-order valence-electron chi connectivity index (χ3n) is 2.61. The van der Waals surface area contributed by atoms with Gasteiger partial charge in [0.1, 0.15) is 0 Å². The quantitative estimate of drug-likeness (QED) is 0.663. The van der Waals surface area contributed by atoms with Crippen molar-refractivity contribution in [3.63, 3.8) is 0 Å². The van der Waals surface area contributed by atoms with Gasteiger partial charge >= 0.3 is 0 Å². The summed E-state index contributed by atoms with van der Waals surface area (Å²) in [7, 11) is 0. The van der Waals surface area contributed by atoms with Crippen LogP contribution in [0.1, 0.15) is 5.56 Å². The Balaban J connectivity index is 1.92. The van der Waals surface area contributed by atoms with Crippen molar-refractivity contribution in [1.82, 2.24) is 5.16 Å². The summed E-state index contributed by atoms with van der Waals surface area (Å²) in [6.45, 7) is 2.06. The first-order valence-electron chi connectivity index (χ1n) is 5.46. The molecule has 18 heavy (non-hydrogen) atoms. The molecule has 0 N–H and O–H groups in total. The van der Waals surface area contributed by atoms with Gasteiger partial charge in [0.05, 0.1) is 0 Å². The van der Waals surface area contributed by atoms with Gasteiger partial charge in [-0.05, 0) is 36.1 Å². The molecule has 0 aliphatic carbocycles. The minimum Gasteiger partial charge on any atom is -0.359 e. The van der Waals surface area contributed by atoms with E-state index in [1.165, 1.54) is 5.56 Å². The molecule has 3 rings (SSSR count). The van der Waals surface area contributed by atoms with Gasteiger partial charge in [-0.3, -0.25) is 4.63 Å². The van der Waals surface area contributed by atoms with Crippen LogP contribution in [0, 0.1) is 12.1 Å². The molecule has 4 nitrogen and oxygen atoms in total. The fourth-order valence-electron chi connectivity index (χ4n) is 1.66. The molecule has 0 saturated heterocycles. The van der Waals surface area contributed by atoms with Gasteiger partial charge in [0.15, 0.2) is 0 Å². The Kier molecular flexibility index (Phi) is 2.68. The molecule has 1 aromatic heterocycles. The molecule has 3 aromatic rings. The zero-order chi connectivity index (χ0) is 12.5. The van der Waals surface area contributed by atoms with E-state index in [4.69, 9.17) is 0 Å². The van der Waals surface area contributed by atoms with Crippen LogP contribution in [-0.2, 0) is 0 Å². The molecule has 2 aromatic carbocycles. The molecule has 0 unspecified atom stereocenters. The third kappa shape index (κ3) is 2.04. The summed E-state index contributed by atoms with van der Waals surface area (Å²) in [4.78, 5) is 2.59. The summed E-state index contributed by atoms with van der Waals surface area (Å²) in [5, 5.41) is 14.9. The Morgan fingerprint density at radius 3 is 2.61 bits per heavy atom. The summed E-state index contributed by atoms with van der Waals surface area (Å²) in [5.74, 6) is 0. The predicted molar refractivity (Wildman–Crippen MR) is 68.3 cm³/mol. The van der Waals surface area contributed by atoms with Gasteiger partial charge in [0.2, 0.25) is 11.0 Å². The summed E-state index contributed by atoms with van der Waals surface area (Å²) in [6.07, 6.45) is 0. The zero-order valence-corrected chi connectivity index (χ0v) is 10.5. The number of rotatable bonds is 2. The minimum atomic E-state index is 0.412. The predicted octanol–water partition coefficient (Wildman–Crippen LogP) is 2.92. The van der Waals surface area contributed by atoms with Gasteiger partial charge in [0, 0.05) is 21.0 Å². The maximum atomic E-state index is 11.2. The summed E-state index contributed by atoms with van der Waals surface area (Å²) < 4.78 is 4.54. The molecule has 5 heteroatoms. The van der Waals surface area contributed by atoms with Crippen LogP contribution in [0.5, 0.6) is 0 Å². The summed E-state index contributed by atoms with van der Waals surface area (Å²) in [5.41, 5.74) is 2.25. The highest BCUT2D eigenvalue weighted by atomic mass is 32.2. The highest BCUT2D eigenvalue weighted by molar-refractivity contribution is 7.99. The lowest BCUT2D eigenvalue weighted by Gasteiger charge is -2.01. The van der Waals surface area contributed by atoms with Crippen molar-refractivity contribution in [1.29, 1.82) is 0 Å². The number of aryl methyl sites for hydroxylation is 1. The second-order valence-corrected chi connectivity index (χ2v) is 5.14. The van der Waals surface area contributed by atoms with Crippen LogP contribution in [0.4, 0.5) is 0 Å². The fraction of sp³-hybridized carbons (Fsp3) is 0.0769. The second-order valence-electron chi connectivity index (χ2n) is 4.00. The zero-order valence-electron chi connectivity index (χ0n) is 9.66. The van der Waals surface area contributed by atoms with Crippen molar-refractivity contribution in [3.8, 4) is 0 Å². The number of benzene rings is 2. The van der Waals surface area contributed by atoms with E-state index >= 15 is 0 Å². The van der Waals surface area contributed by atoms with Crippen molar-refractivity contribution in [2.45, 2.75) is 16.7 Å². The monoisotopic (exact) mass is 258 g/mol. The Labute approximate surface area is 108 Å². The normalized spacial score (nSPS) is 10.9. The van der Waals surface area contributed by atoms with E-state index in [1.54, 1.807) is 17.8 Å². The van der Waals surface area contributed by atoms with Gasteiger partial charge in [0.25, 0.3) is 0 Å². The van der Waals surface area contributed by atoms with E-state index in [-0.39, 0.29) is 0 Å². The maximum Gasteiger partial charge on any atom is 0.249 e. The first-order valence-corrected chi connectivity index (χ1v) is 6.28. The van der Waals surface area contributed by atoms with Gasteiger partial charge in [-0.1, -0.05) is 29.5 Å². The van der Waals surface area contributed by atoms with Crippen molar-refractivity contribution in [2.75, 3.05) is 0 Å². The Morgan fingerprint density at radius 1 is 1.11 bits per heavy atom. The molecule has 0 amide bonds. The lowest BCUT2D eigenvalue weighted by molar-refractivity contribution is -0.782. The van der Waals surface area contributed by atoms with E-state index in [0.717, 1.165) is 9.79 Å².